The van der Waals surface area contributed by atoms with E-state index < -0.39 is 0 Å². The SMILES string of the molecule is CC1(C)C(NCCCN2CCOCC2)C2CCOC21. The molecule has 0 bridgehead atoms. The van der Waals surface area contributed by atoms with Crippen molar-refractivity contribution < 1.29 is 9.47 Å². The Labute approximate surface area is 116 Å². The number of ether oxygens (including phenoxy) is 2. The summed E-state index contributed by atoms with van der Waals surface area (Å²) in [6, 6.07) is 0.657. The highest BCUT2D eigenvalue weighted by molar-refractivity contribution is 5.11. The molecule has 3 rings (SSSR count). The summed E-state index contributed by atoms with van der Waals surface area (Å²) in [6.07, 6.45) is 2.99. The van der Waals surface area contributed by atoms with E-state index in [1.807, 2.05) is 0 Å². The summed E-state index contributed by atoms with van der Waals surface area (Å²) in [5, 5.41) is 3.78. The first-order valence-electron chi connectivity index (χ1n) is 7.84. The van der Waals surface area contributed by atoms with Gasteiger partial charge in [-0.1, -0.05) is 13.8 Å². The molecule has 0 aromatic rings. The van der Waals surface area contributed by atoms with E-state index in [0.717, 1.165) is 45.4 Å². The van der Waals surface area contributed by atoms with Gasteiger partial charge in [-0.15, -0.1) is 0 Å². The molecule has 2 heterocycles. The molecule has 2 saturated heterocycles. The lowest BCUT2D eigenvalue weighted by Gasteiger charge is -2.55. The third-order valence-corrected chi connectivity index (χ3v) is 5.22. The van der Waals surface area contributed by atoms with E-state index in [1.54, 1.807) is 0 Å². The van der Waals surface area contributed by atoms with Gasteiger partial charge < -0.3 is 14.8 Å². The van der Waals surface area contributed by atoms with Gasteiger partial charge in [0.05, 0.1) is 19.3 Å². The fourth-order valence-electron chi connectivity index (χ4n) is 4.12. The van der Waals surface area contributed by atoms with Gasteiger partial charge >= 0.3 is 0 Å². The second kappa shape index (κ2) is 5.68. The number of fused-ring (bicyclic) bond motifs is 1. The number of nitrogens with zero attached hydrogens (tertiary/aromatic N) is 1. The highest BCUT2D eigenvalue weighted by Crippen LogP contribution is 2.51. The molecule has 3 fully saturated rings. The van der Waals surface area contributed by atoms with E-state index in [4.69, 9.17) is 9.47 Å². The second-order valence-corrected chi connectivity index (χ2v) is 6.80. The minimum Gasteiger partial charge on any atom is -0.379 e. The van der Waals surface area contributed by atoms with Crippen LogP contribution in [0.2, 0.25) is 0 Å². The van der Waals surface area contributed by atoms with Crippen molar-refractivity contribution in [1.82, 2.24) is 10.2 Å². The Bertz CT molecular complexity index is 303. The number of nitrogens with one attached hydrogen (secondary N) is 1. The Hall–Kier alpha value is -0.160. The Kier molecular flexibility index (Phi) is 4.13. The molecule has 3 aliphatic rings. The largest absolute Gasteiger partial charge is 0.379 e. The molecule has 0 aromatic heterocycles. The van der Waals surface area contributed by atoms with Crippen LogP contribution in [0.25, 0.3) is 0 Å². The van der Waals surface area contributed by atoms with Crippen LogP contribution in [0.1, 0.15) is 26.7 Å². The lowest BCUT2D eigenvalue weighted by atomic mass is 9.57. The van der Waals surface area contributed by atoms with Gasteiger partial charge in [0, 0.05) is 37.1 Å². The third kappa shape index (κ3) is 2.68. The minimum absolute atomic E-state index is 0.320. The average Bonchev–Trinajstić information content (AvgIpc) is 2.86. The van der Waals surface area contributed by atoms with Gasteiger partial charge in [-0.25, -0.2) is 0 Å². The summed E-state index contributed by atoms with van der Waals surface area (Å²) in [5.74, 6) is 0.762. The van der Waals surface area contributed by atoms with Gasteiger partial charge in [0.25, 0.3) is 0 Å². The predicted octanol–water partition coefficient (Wildman–Crippen LogP) is 1.11. The molecule has 0 spiro atoms. The van der Waals surface area contributed by atoms with Gasteiger partial charge in [0.1, 0.15) is 0 Å². The van der Waals surface area contributed by atoms with Gasteiger partial charge in [-0.05, 0) is 25.9 Å². The summed E-state index contributed by atoms with van der Waals surface area (Å²) in [6.45, 7) is 12.0. The first-order chi connectivity index (χ1) is 9.19. The van der Waals surface area contributed by atoms with Crippen LogP contribution in [-0.4, -0.2) is 63.0 Å². The van der Waals surface area contributed by atoms with Crippen molar-refractivity contribution in [3.8, 4) is 0 Å². The minimum atomic E-state index is 0.320. The normalized spacial score (nSPS) is 37.9. The zero-order valence-electron chi connectivity index (χ0n) is 12.4. The number of hydrogen-bond donors (Lipinski definition) is 1. The molecule has 4 nitrogen and oxygen atoms in total. The molecular weight excluding hydrogens is 240 g/mol. The molecule has 1 N–H and O–H groups in total. The Morgan fingerprint density at radius 1 is 1.21 bits per heavy atom. The molecule has 3 unspecified atom stereocenters. The quantitative estimate of drug-likeness (QED) is 0.758. The van der Waals surface area contributed by atoms with Crippen LogP contribution in [0.5, 0.6) is 0 Å². The lowest BCUT2D eigenvalue weighted by Crippen LogP contribution is -2.65. The lowest BCUT2D eigenvalue weighted by molar-refractivity contribution is -0.112. The standard InChI is InChI=1S/C15H28N2O2/c1-15(2)13(12-4-9-19-14(12)15)16-5-3-6-17-7-10-18-11-8-17/h12-14,16H,3-11H2,1-2H3. The molecule has 0 amide bonds. The zero-order chi connectivity index (χ0) is 13.3. The van der Waals surface area contributed by atoms with Gasteiger partial charge in [-0.2, -0.15) is 0 Å². The summed E-state index contributed by atoms with van der Waals surface area (Å²) in [4.78, 5) is 2.51. The number of hydrogen-bond acceptors (Lipinski definition) is 4. The molecular formula is C15H28N2O2. The second-order valence-electron chi connectivity index (χ2n) is 6.80. The Morgan fingerprint density at radius 2 is 2.00 bits per heavy atom. The number of rotatable bonds is 5. The van der Waals surface area contributed by atoms with Crippen LogP contribution in [0.4, 0.5) is 0 Å². The molecule has 1 saturated carbocycles. The summed E-state index contributed by atoms with van der Waals surface area (Å²) < 4.78 is 11.2. The maximum atomic E-state index is 5.84. The Morgan fingerprint density at radius 3 is 2.79 bits per heavy atom. The van der Waals surface area contributed by atoms with Crippen molar-refractivity contribution in [3.63, 3.8) is 0 Å². The monoisotopic (exact) mass is 268 g/mol. The molecule has 0 aromatic carbocycles. The van der Waals surface area contributed by atoms with Gasteiger partial charge in [0.2, 0.25) is 0 Å². The van der Waals surface area contributed by atoms with Crippen LogP contribution in [0, 0.1) is 11.3 Å². The average molecular weight is 268 g/mol. The maximum absolute atomic E-state index is 5.84. The van der Waals surface area contributed by atoms with Crippen LogP contribution in [0.15, 0.2) is 0 Å². The van der Waals surface area contributed by atoms with E-state index >= 15 is 0 Å². The molecule has 0 radical (unpaired) electrons. The van der Waals surface area contributed by atoms with E-state index in [2.05, 4.69) is 24.1 Å². The first kappa shape index (κ1) is 13.8. The first-order valence-corrected chi connectivity index (χ1v) is 7.84. The van der Waals surface area contributed by atoms with E-state index in [1.165, 1.54) is 19.4 Å². The third-order valence-electron chi connectivity index (χ3n) is 5.22. The van der Waals surface area contributed by atoms with E-state index in [9.17, 15) is 0 Å². The van der Waals surface area contributed by atoms with Gasteiger partial charge in [-0.3, -0.25) is 4.90 Å². The summed E-state index contributed by atoms with van der Waals surface area (Å²) in [7, 11) is 0. The van der Waals surface area contributed by atoms with Crippen molar-refractivity contribution in [2.45, 2.75) is 38.8 Å². The van der Waals surface area contributed by atoms with Crippen molar-refractivity contribution in [2.75, 3.05) is 46.0 Å². The predicted molar refractivity (Wildman–Crippen MR) is 75.3 cm³/mol. The molecule has 110 valence electrons. The highest BCUT2D eigenvalue weighted by atomic mass is 16.5. The number of morpholine rings is 1. The maximum Gasteiger partial charge on any atom is 0.0685 e. The van der Waals surface area contributed by atoms with Crippen molar-refractivity contribution in [3.05, 3.63) is 0 Å². The molecule has 4 heteroatoms. The summed E-state index contributed by atoms with van der Waals surface area (Å²) in [5.41, 5.74) is 0.320. The van der Waals surface area contributed by atoms with Crippen molar-refractivity contribution in [1.29, 1.82) is 0 Å². The van der Waals surface area contributed by atoms with Crippen molar-refractivity contribution in [2.24, 2.45) is 11.3 Å². The fraction of sp³-hybridized carbons (Fsp3) is 1.00. The fourth-order valence-corrected chi connectivity index (χ4v) is 4.12. The van der Waals surface area contributed by atoms with Crippen LogP contribution in [0.3, 0.4) is 0 Å². The van der Waals surface area contributed by atoms with Crippen LogP contribution >= 0.6 is 0 Å². The zero-order valence-corrected chi connectivity index (χ0v) is 12.4. The summed E-state index contributed by atoms with van der Waals surface area (Å²) >= 11 is 0. The molecule has 19 heavy (non-hydrogen) atoms. The van der Waals surface area contributed by atoms with Crippen LogP contribution < -0.4 is 5.32 Å². The topological polar surface area (TPSA) is 33.7 Å². The van der Waals surface area contributed by atoms with Crippen LogP contribution in [-0.2, 0) is 9.47 Å². The smallest absolute Gasteiger partial charge is 0.0685 e. The highest BCUT2D eigenvalue weighted by Gasteiger charge is 2.58. The van der Waals surface area contributed by atoms with E-state index in [0.29, 0.717) is 17.6 Å². The van der Waals surface area contributed by atoms with Gasteiger partial charge in [0.15, 0.2) is 0 Å². The molecule has 1 aliphatic carbocycles. The van der Waals surface area contributed by atoms with Crippen molar-refractivity contribution >= 4 is 0 Å². The molecule has 3 atom stereocenters. The molecule has 2 aliphatic heterocycles. The van der Waals surface area contributed by atoms with E-state index in [-0.39, 0.29) is 0 Å². The Balaban J connectivity index is 1.36.